The number of sulfonamides is 1. The minimum absolute atomic E-state index is 0.200. The fourth-order valence-corrected chi connectivity index (χ4v) is 5.75. The molecule has 2 atom stereocenters. The van der Waals surface area contributed by atoms with Gasteiger partial charge in [0.25, 0.3) is 0 Å². The standard InChI is InChI=1S/C25H34N2O3S/c1-6-24(27(31(5,29)30)23-14-17(2)13-18(3)15-23)25(28)26-19(4)21-12-11-20-9-7-8-10-22(20)16-21/h11-16,19,24H,6-10H2,1-5H3,(H,26,28). The van der Waals surface area contributed by atoms with Crippen LogP contribution in [0.5, 0.6) is 0 Å². The van der Waals surface area contributed by atoms with Crippen molar-refractivity contribution < 1.29 is 13.2 Å². The molecule has 6 heteroatoms. The molecule has 1 N–H and O–H groups in total. The van der Waals surface area contributed by atoms with Gasteiger partial charge in [-0.2, -0.15) is 0 Å². The van der Waals surface area contributed by atoms with E-state index in [4.69, 9.17) is 0 Å². The fourth-order valence-electron chi connectivity index (χ4n) is 4.55. The highest BCUT2D eigenvalue weighted by Gasteiger charge is 2.32. The minimum Gasteiger partial charge on any atom is -0.348 e. The minimum atomic E-state index is -3.65. The molecule has 0 spiro atoms. The summed E-state index contributed by atoms with van der Waals surface area (Å²) >= 11 is 0. The van der Waals surface area contributed by atoms with E-state index < -0.39 is 16.1 Å². The predicted molar refractivity (Wildman–Crippen MR) is 127 cm³/mol. The molecule has 31 heavy (non-hydrogen) atoms. The molecule has 0 fully saturated rings. The number of aryl methyl sites for hydroxylation is 4. The number of anilines is 1. The van der Waals surface area contributed by atoms with Gasteiger partial charge in [-0.1, -0.05) is 31.2 Å². The van der Waals surface area contributed by atoms with Crippen molar-refractivity contribution in [2.75, 3.05) is 10.6 Å². The molecule has 168 valence electrons. The lowest BCUT2D eigenvalue weighted by atomic mass is 9.89. The van der Waals surface area contributed by atoms with Crippen LogP contribution in [-0.4, -0.2) is 26.6 Å². The Hall–Kier alpha value is -2.34. The van der Waals surface area contributed by atoms with Crippen molar-refractivity contribution in [2.24, 2.45) is 0 Å². The number of nitrogens with zero attached hydrogens (tertiary/aromatic N) is 1. The van der Waals surface area contributed by atoms with E-state index >= 15 is 0 Å². The lowest BCUT2D eigenvalue weighted by molar-refractivity contribution is -0.122. The van der Waals surface area contributed by atoms with Gasteiger partial charge in [0.05, 0.1) is 18.0 Å². The predicted octanol–water partition coefficient (Wildman–Crippen LogP) is 4.60. The number of carbonyl (C=O) groups is 1. The quantitative estimate of drug-likeness (QED) is 0.681. The average Bonchev–Trinajstić information content (AvgIpc) is 2.69. The summed E-state index contributed by atoms with van der Waals surface area (Å²) < 4.78 is 26.7. The van der Waals surface area contributed by atoms with Crippen LogP contribution in [0.2, 0.25) is 0 Å². The number of carbonyl (C=O) groups excluding carboxylic acids is 1. The van der Waals surface area contributed by atoms with Crippen molar-refractivity contribution in [3.63, 3.8) is 0 Å². The van der Waals surface area contributed by atoms with Gasteiger partial charge >= 0.3 is 0 Å². The molecule has 1 aliphatic rings. The molecular weight excluding hydrogens is 408 g/mol. The summed E-state index contributed by atoms with van der Waals surface area (Å²) in [5, 5.41) is 3.06. The Balaban J connectivity index is 1.86. The number of amides is 1. The van der Waals surface area contributed by atoms with Crippen LogP contribution < -0.4 is 9.62 Å². The molecule has 2 aromatic carbocycles. The van der Waals surface area contributed by atoms with Crippen LogP contribution in [-0.2, 0) is 27.7 Å². The first kappa shape index (κ1) is 23.3. The first-order valence-corrected chi connectivity index (χ1v) is 12.9. The van der Waals surface area contributed by atoms with Gasteiger partial charge in [0.2, 0.25) is 15.9 Å². The van der Waals surface area contributed by atoms with Gasteiger partial charge in [-0.15, -0.1) is 0 Å². The second kappa shape index (κ2) is 9.43. The van der Waals surface area contributed by atoms with Crippen LogP contribution >= 0.6 is 0 Å². The first-order chi connectivity index (χ1) is 14.6. The van der Waals surface area contributed by atoms with Gasteiger partial charge in [-0.05, 0) is 92.8 Å². The summed E-state index contributed by atoms with van der Waals surface area (Å²) in [5.41, 5.74) is 6.27. The molecule has 0 saturated carbocycles. The Morgan fingerprint density at radius 2 is 1.65 bits per heavy atom. The van der Waals surface area contributed by atoms with Crippen LogP contribution in [0.15, 0.2) is 36.4 Å². The maximum atomic E-state index is 13.3. The van der Waals surface area contributed by atoms with E-state index in [1.165, 1.54) is 28.3 Å². The molecule has 3 rings (SSSR count). The normalized spacial score (nSPS) is 15.6. The number of benzene rings is 2. The Kier molecular flexibility index (Phi) is 7.10. The van der Waals surface area contributed by atoms with Crippen LogP contribution in [0.25, 0.3) is 0 Å². The Labute approximate surface area is 186 Å². The largest absolute Gasteiger partial charge is 0.348 e. The Morgan fingerprint density at radius 3 is 2.23 bits per heavy atom. The number of hydrogen-bond donors (Lipinski definition) is 1. The number of rotatable bonds is 7. The van der Waals surface area contributed by atoms with Crippen molar-refractivity contribution in [1.29, 1.82) is 0 Å². The van der Waals surface area contributed by atoms with Crippen LogP contribution in [0.4, 0.5) is 5.69 Å². The average molecular weight is 443 g/mol. The lowest BCUT2D eigenvalue weighted by Crippen LogP contribution is -2.49. The maximum Gasteiger partial charge on any atom is 0.244 e. The monoisotopic (exact) mass is 442 g/mol. The number of hydrogen-bond acceptors (Lipinski definition) is 3. The summed E-state index contributed by atoms with van der Waals surface area (Å²) in [6, 6.07) is 11.1. The molecule has 2 aromatic rings. The van der Waals surface area contributed by atoms with E-state index in [1.807, 2.05) is 45.9 Å². The summed E-state index contributed by atoms with van der Waals surface area (Å²) in [6.45, 7) is 7.65. The molecule has 5 nitrogen and oxygen atoms in total. The van der Waals surface area contributed by atoms with E-state index in [0.29, 0.717) is 12.1 Å². The SMILES string of the molecule is CCC(C(=O)NC(C)c1ccc2c(c1)CCCC2)N(c1cc(C)cc(C)c1)S(C)(=O)=O. The van der Waals surface area contributed by atoms with Crippen LogP contribution in [0, 0.1) is 13.8 Å². The third-order valence-corrected chi connectivity index (χ3v) is 7.20. The summed E-state index contributed by atoms with van der Waals surface area (Å²) in [7, 11) is -3.65. The van der Waals surface area contributed by atoms with Gasteiger partial charge in [0.15, 0.2) is 0 Å². The highest BCUT2D eigenvalue weighted by Crippen LogP contribution is 2.27. The fraction of sp³-hybridized carbons (Fsp3) is 0.480. The molecule has 1 amide bonds. The van der Waals surface area contributed by atoms with E-state index in [-0.39, 0.29) is 11.9 Å². The smallest absolute Gasteiger partial charge is 0.244 e. The van der Waals surface area contributed by atoms with Crippen molar-refractivity contribution in [3.8, 4) is 0 Å². The van der Waals surface area contributed by atoms with Crippen molar-refractivity contribution >= 4 is 21.6 Å². The number of nitrogens with one attached hydrogen (secondary N) is 1. The topological polar surface area (TPSA) is 66.5 Å². The maximum absolute atomic E-state index is 13.3. The van der Waals surface area contributed by atoms with Crippen LogP contribution in [0.3, 0.4) is 0 Å². The molecule has 0 aliphatic heterocycles. The molecular formula is C25H34N2O3S. The Morgan fingerprint density at radius 1 is 1.03 bits per heavy atom. The van der Waals surface area contributed by atoms with Gasteiger partial charge < -0.3 is 5.32 Å². The molecule has 0 aromatic heterocycles. The van der Waals surface area contributed by atoms with Crippen molar-refractivity contribution in [1.82, 2.24) is 5.32 Å². The summed E-state index contributed by atoms with van der Waals surface area (Å²) in [6.07, 6.45) is 6.17. The van der Waals surface area contributed by atoms with E-state index in [9.17, 15) is 13.2 Å². The summed E-state index contributed by atoms with van der Waals surface area (Å²) in [5.74, 6) is -0.280. The van der Waals surface area contributed by atoms with Crippen LogP contribution in [0.1, 0.15) is 67.0 Å². The highest BCUT2D eigenvalue weighted by molar-refractivity contribution is 7.92. The molecule has 0 saturated heterocycles. The zero-order chi connectivity index (χ0) is 22.8. The number of fused-ring (bicyclic) bond motifs is 1. The Bertz CT molecular complexity index is 1040. The van der Waals surface area contributed by atoms with E-state index in [2.05, 4.69) is 23.5 Å². The van der Waals surface area contributed by atoms with E-state index in [1.54, 1.807) is 0 Å². The molecule has 1 aliphatic carbocycles. The zero-order valence-corrected chi connectivity index (χ0v) is 20.1. The third kappa shape index (κ3) is 5.48. The molecule has 0 bridgehead atoms. The highest BCUT2D eigenvalue weighted by atomic mass is 32.2. The molecule has 0 radical (unpaired) electrons. The third-order valence-electron chi connectivity index (χ3n) is 6.02. The van der Waals surface area contributed by atoms with Gasteiger partial charge in [0, 0.05) is 0 Å². The van der Waals surface area contributed by atoms with Gasteiger partial charge in [-0.3, -0.25) is 9.10 Å². The van der Waals surface area contributed by atoms with E-state index in [0.717, 1.165) is 35.8 Å². The first-order valence-electron chi connectivity index (χ1n) is 11.1. The second-order valence-electron chi connectivity index (χ2n) is 8.79. The van der Waals surface area contributed by atoms with Crippen molar-refractivity contribution in [3.05, 3.63) is 64.2 Å². The second-order valence-corrected chi connectivity index (χ2v) is 10.7. The molecule has 0 heterocycles. The van der Waals surface area contributed by atoms with Gasteiger partial charge in [-0.25, -0.2) is 8.42 Å². The molecule has 2 unspecified atom stereocenters. The summed E-state index contributed by atoms with van der Waals surface area (Å²) in [4.78, 5) is 13.3. The zero-order valence-electron chi connectivity index (χ0n) is 19.2. The van der Waals surface area contributed by atoms with Crippen molar-refractivity contribution in [2.45, 2.75) is 71.9 Å². The van der Waals surface area contributed by atoms with Gasteiger partial charge in [0.1, 0.15) is 6.04 Å². The lowest BCUT2D eigenvalue weighted by Gasteiger charge is -2.31.